The molecule has 2 heteroatoms. The molecule has 1 saturated heterocycles. The summed E-state index contributed by atoms with van der Waals surface area (Å²) in [5, 5.41) is 9.62. The largest absolute Gasteiger partial charge is 0.393 e. The minimum Gasteiger partial charge on any atom is -0.393 e. The van der Waals surface area contributed by atoms with Gasteiger partial charge in [-0.1, -0.05) is 0 Å². The van der Waals surface area contributed by atoms with Crippen molar-refractivity contribution in [3.05, 3.63) is 0 Å². The normalized spacial score (nSPS) is 31.4. The first-order valence-corrected chi connectivity index (χ1v) is 4.47. The third-order valence-corrected chi connectivity index (χ3v) is 2.36. The zero-order chi connectivity index (χ0) is 8.97. The first-order chi connectivity index (χ1) is 5.74. The quantitative estimate of drug-likeness (QED) is 0.641. The van der Waals surface area contributed by atoms with E-state index in [1.165, 1.54) is 0 Å². The molecule has 1 rings (SSSR count). The summed E-state index contributed by atoms with van der Waals surface area (Å²) < 4.78 is 5.35. The maximum atomic E-state index is 9.62. The molecule has 1 aliphatic heterocycles. The molecule has 0 bridgehead atoms. The van der Waals surface area contributed by atoms with E-state index in [-0.39, 0.29) is 6.10 Å². The second-order valence-corrected chi connectivity index (χ2v) is 3.45. The molecule has 0 aromatic heterocycles. The van der Waals surface area contributed by atoms with Gasteiger partial charge in [0.15, 0.2) is 0 Å². The van der Waals surface area contributed by atoms with Crippen molar-refractivity contribution in [3.63, 3.8) is 0 Å². The van der Waals surface area contributed by atoms with Crippen molar-refractivity contribution in [1.29, 1.82) is 0 Å². The molecule has 68 valence electrons. The third kappa shape index (κ3) is 2.51. The topological polar surface area (TPSA) is 29.5 Å². The summed E-state index contributed by atoms with van der Waals surface area (Å²) in [7, 11) is 0. The van der Waals surface area contributed by atoms with Crippen molar-refractivity contribution in [3.8, 4) is 12.3 Å². The predicted octanol–water partition coefficient (Wildman–Crippen LogP) is 1.19. The Bertz CT molecular complexity index is 171. The number of aliphatic hydroxyl groups excluding tert-OH is 1. The van der Waals surface area contributed by atoms with E-state index in [1.807, 2.05) is 6.92 Å². The van der Waals surface area contributed by atoms with Crippen LogP contribution in [-0.4, -0.2) is 23.9 Å². The van der Waals surface area contributed by atoms with Gasteiger partial charge in [0.05, 0.1) is 18.8 Å². The molecule has 3 atom stereocenters. The summed E-state index contributed by atoms with van der Waals surface area (Å²) in [5.41, 5.74) is 0. The number of rotatable bonds is 3. The van der Waals surface area contributed by atoms with Crippen LogP contribution in [0, 0.1) is 18.3 Å². The zero-order valence-corrected chi connectivity index (χ0v) is 7.49. The van der Waals surface area contributed by atoms with Gasteiger partial charge < -0.3 is 9.84 Å². The molecular weight excluding hydrogens is 152 g/mol. The Labute approximate surface area is 73.9 Å². The first-order valence-electron chi connectivity index (χ1n) is 4.47. The van der Waals surface area contributed by atoms with Gasteiger partial charge in [-0.25, -0.2) is 0 Å². The molecule has 1 heterocycles. The summed E-state index contributed by atoms with van der Waals surface area (Å²) in [6.07, 6.45) is 7.47. The fraction of sp³-hybridized carbons (Fsp3) is 0.800. The maximum absolute atomic E-state index is 9.62. The van der Waals surface area contributed by atoms with Gasteiger partial charge in [-0.15, -0.1) is 12.3 Å². The summed E-state index contributed by atoms with van der Waals surface area (Å²) in [4.78, 5) is 0. The van der Waals surface area contributed by atoms with Gasteiger partial charge in [-0.2, -0.15) is 0 Å². The zero-order valence-electron chi connectivity index (χ0n) is 7.49. The van der Waals surface area contributed by atoms with Crippen LogP contribution in [0.4, 0.5) is 0 Å². The van der Waals surface area contributed by atoms with Crippen LogP contribution in [0.2, 0.25) is 0 Å². The highest BCUT2D eigenvalue weighted by Gasteiger charge is 2.27. The fourth-order valence-electron chi connectivity index (χ4n) is 1.59. The second-order valence-electron chi connectivity index (χ2n) is 3.45. The molecule has 12 heavy (non-hydrogen) atoms. The Hall–Kier alpha value is -0.520. The molecule has 0 saturated carbocycles. The van der Waals surface area contributed by atoms with Crippen molar-refractivity contribution in [2.45, 2.75) is 38.4 Å². The molecule has 0 aliphatic carbocycles. The molecule has 3 unspecified atom stereocenters. The molecule has 0 amide bonds. The molecule has 0 aromatic rings. The van der Waals surface area contributed by atoms with E-state index in [1.54, 1.807) is 0 Å². The lowest BCUT2D eigenvalue weighted by molar-refractivity contribution is 0.0765. The van der Waals surface area contributed by atoms with Gasteiger partial charge >= 0.3 is 0 Å². The minimum atomic E-state index is -0.272. The van der Waals surface area contributed by atoms with Crippen molar-refractivity contribution in [1.82, 2.24) is 0 Å². The number of ether oxygens (including phenoxy) is 1. The van der Waals surface area contributed by atoms with Crippen LogP contribution in [0.15, 0.2) is 0 Å². The van der Waals surface area contributed by atoms with E-state index in [0.717, 1.165) is 6.42 Å². The lowest BCUT2D eigenvalue weighted by Crippen LogP contribution is -2.20. The van der Waals surface area contributed by atoms with Crippen LogP contribution in [-0.2, 0) is 4.74 Å². The lowest BCUT2D eigenvalue weighted by atomic mass is 9.96. The molecule has 0 spiro atoms. The summed E-state index contributed by atoms with van der Waals surface area (Å²) >= 11 is 0. The average molecular weight is 168 g/mol. The van der Waals surface area contributed by atoms with Gasteiger partial charge in [0.25, 0.3) is 0 Å². The maximum Gasteiger partial charge on any atom is 0.0600 e. The van der Waals surface area contributed by atoms with Crippen molar-refractivity contribution < 1.29 is 9.84 Å². The molecule has 1 N–H and O–H groups in total. The van der Waals surface area contributed by atoms with Crippen LogP contribution in [0.5, 0.6) is 0 Å². The molecule has 2 nitrogen and oxygen atoms in total. The van der Waals surface area contributed by atoms with Crippen molar-refractivity contribution in [2.24, 2.45) is 5.92 Å². The Morgan fingerprint density at radius 1 is 1.75 bits per heavy atom. The first kappa shape index (κ1) is 9.57. The summed E-state index contributed by atoms with van der Waals surface area (Å²) in [6, 6.07) is 0. The highest BCUT2D eigenvalue weighted by Crippen LogP contribution is 2.24. The van der Waals surface area contributed by atoms with Gasteiger partial charge in [0.1, 0.15) is 0 Å². The standard InChI is InChI=1S/C10H16O2/c1-3-4-5-10(11)9-6-8(2)12-7-9/h1,8-11H,4-7H2,2H3. The third-order valence-electron chi connectivity index (χ3n) is 2.36. The van der Waals surface area contributed by atoms with Crippen molar-refractivity contribution in [2.75, 3.05) is 6.61 Å². The van der Waals surface area contributed by atoms with Gasteiger partial charge in [0.2, 0.25) is 0 Å². The van der Waals surface area contributed by atoms with E-state index < -0.39 is 0 Å². The number of aliphatic hydroxyl groups is 1. The van der Waals surface area contributed by atoms with E-state index in [0.29, 0.717) is 31.5 Å². The molecule has 1 fully saturated rings. The highest BCUT2D eigenvalue weighted by molar-refractivity contribution is 4.86. The number of hydrogen-bond donors (Lipinski definition) is 1. The molecule has 1 aliphatic rings. The fourth-order valence-corrected chi connectivity index (χ4v) is 1.59. The smallest absolute Gasteiger partial charge is 0.0600 e. The van der Waals surface area contributed by atoms with Gasteiger partial charge in [0, 0.05) is 12.3 Å². The van der Waals surface area contributed by atoms with E-state index >= 15 is 0 Å². The minimum absolute atomic E-state index is 0.272. The van der Waals surface area contributed by atoms with Gasteiger partial charge in [-0.3, -0.25) is 0 Å². The Morgan fingerprint density at radius 2 is 2.50 bits per heavy atom. The SMILES string of the molecule is C#CCCC(O)C1COC(C)C1. The van der Waals surface area contributed by atoms with Crippen LogP contribution >= 0.6 is 0 Å². The average Bonchev–Trinajstić information content (AvgIpc) is 2.47. The Morgan fingerprint density at radius 3 is 3.00 bits per heavy atom. The summed E-state index contributed by atoms with van der Waals surface area (Å²) in [6.45, 7) is 2.72. The van der Waals surface area contributed by atoms with E-state index in [9.17, 15) is 5.11 Å². The van der Waals surface area contributed by atoms with Crippen LogP contribution in [0.3, 0.4) is 0 Å². The van der Waals surface area contributed by atoms with Crippen molar-refractivity contribution >= 4 is 0 Å². The molecule has 0 radical (unpaired) electrons. The monoisotopic (exact) mass is 168 g/mol. The molecular formula is C10H16O2. The van der Waals surface area contributed by atoms with Gasteiger partial charge in [-0.05, 0) is 19.8 Å². The number of terminal acetylenes is 1. The van der Waals surface area contributed by atoms with Crippen LogP contribution in [0.1, 0.15) is 26.2 Å². The Kier molecular flexibility index (Phi) is 3.58. The second kappa shape index (κ2) is 4.49. The van der Waals surface area contributed by atoms with E-state index in [4.69, 9.17) is 11.2 Å². The van der Waals surface area contributed by atoms with Crippen LogP contribution < -0.4 is 0 Å². The highest BCUT2D eigenvalue weighted by atomic mass is 16.5. The lowest BCUT2D eigenvalue weighted by Gasteiger charge is -2.14. The van der Waals surface area contributed by atoms with Crippen LogP contribution in [0.25, 0.3) is 0 Å². The predicted molar refractivity (Wildman–Crippen MR) is 47.6 cm³/mol. The number of hydrogen-bond acceptors (Lipinski definition) is 2. The van der Waals surface area contributed by atoms with E-state index in [2.05, 4.69) is 5.92 Å². The summed E-state index contributed by atoms with van der Waals surface area (Å²) in [5.74, 6) is 2.83. The molecule has 0 aromatic carbocycles. The Balaban J connectivity index is 2.24.